The van der Waals surface area contributed by atoms with Gasteiger partial charge in [0.25, 0.3) is 0 Å². The van der Waals surface area contributed by atoms with Crippen LogP contribution in [0, 0.1) is 0 Å². The highest BCUT2D eigenvalue weighted by atomic mass is 16.5. The maximum Gasteiger partial charge on any atom is 0.131 e. The highest BCUT2D eigenvalue weighted by Crippen LogP contribution is 2.40. The standard InChI is InChI=1S/C10H13NO3/c1-13-6-3-8(12)10(7-5-11-7)9(4-6)14-2/h3-4,7,11-12H,5H2,1-2H3/t7-/m1/s1. The Kier molecular flexibility index (Phi) is 2.21. The minimum absolute atomic E-state index is 0.218. The summed E-state index contributed by atoms with van der Waals surface area (Å²) in [5.41, 5.74) is 0.813. The van der Waals surface area contributed by atoms with Crippen LogP contribution in [-0.4, -0.2) is 25.9 Å². The predicted molar refractivity (Wildman–Crippen MR) is 52.0 cm³/mol. The van der Waals surface area contributed by atoms with Gasteiger partial charge in [0.15, 0.2) is 0 Å². The van der Waals surface area contributed by atoms with Crippen LogP contribution >= 0.6 is 0 Å². The second kappa shape index (κ2) is 3.38. The average Bonchev–Trinajstić information content (AvgIpc) is 3.00. The van der Waals surface area contributed by atoms with Gasteiger partial charge in [0.05, 0.1) is 25.8 Å². The molecular formula is C10H13NO3. The highest BCUT2D eigenvalue weighted by Gasteiger charge is 2.29. The van der Waals surface area contributed by atoms with Crippen LogP contribution in [0.2, 0.25) is 0 Å². The van der Waals surface area contributed by atoms with Crippen LogP contribution < -0.4 is 14.8 Å². The zero-order valence-corrected chi connectivity index (χ0v) is 8.20. The van der Waals surface area contributed by atoms with Crippen molar-refractivity contribution in [2.24, 2.45) is 0 Å². The Morgan fingerprint density at radius 1 is 1.36 bits per heavy atom. The number of aromatic hydroxyl groups is 1. The second-order valence-electron chi connectivity index (χ2n) is 3.22. The topological polar surface area (TPSA) is 60.6 Å². The zero-order valence-electron chi connectivity index (χ0n) is 8.20. The zero-order chi connectivity index (χ0) is 10.1. The monoisotopic (exact) mass is 195 g/mol. The first-order chi connectivity index (χ1) is 6.76. The molecule has 4 nitrogen and oxygen atoms in total. The van der Waals surface area contributed by atoms with E-state index >= 15 is 0 Å². The van der Waals surface area contributed by atoms with E-state index in [1.807, 2.05) is 0 Å². The lowest BCUT2D eigenvalue weighted by Gasteiger charge is -2.11. The van der Waals surface area contributed by atoms with Crippen molar-refractivity contribution in [3.63, 3.8) is 0 Å². The molecule has 0 unspecified atom stereocenters. The van der Waals surface area contributed by atoms with Crippen LogP contribution in [0.5, 0.6) is 17.2 Å². The molecule has 1 heterocycles. The molecule has 76 valence electrons. The summed E-state index contributed by atoms with van der Waals surface area (Å²) in [4.78, 5) is 0. The maximum absolute atomic E-state index is 9.74. The van der Waals surface area contributed by atoms with Crippen LogP contribution in [0.1, 0.15) is 11.6 Å². The van der Waals surface area contributed by atoms with Crippen molar-refractivity contribution in [2.45, 2.75) is 6.04 Å². The van der Waals surface area contributed by atoms with Crippen LogP contribution in [0.4, 0.5) is 0 Å². The van der Waals surface area contributed by atoms with E-state index in [4.69, 9.17) is 9.47 Å². The minimum atomic E-state index is 0.218. The molecule has 1 aromatic carbocycles. The Morgan fingerprint density at radius 2 is 2.07 bits per heavy atom. The van der Waals surface area contributed by atoms with Gasteiger partial charge in [-0.25, -0.2) is 0 Å². The fraction of sp³-hybridized carbons (Fsp3) is 0.400. The molecule has 0 aromatic heterocycles. The summed E-state index contributed by atoms with van der Waals surface area (Å²) in [6.07, 6.45) is 0. The van der Waals surface area contributed by atoms with Gasteiger partial charge in [-0.1, -0.05) is 0 Å². The van der Waals surface area contributed by atoms with Crippen molar-refractivity contribution in [3.05, 3.63) is 17.7 Å². The quantitative estimate of drug-likeness (QED) is 0.708. The molecule has 1 fully saturated rings. The molecule has 4 heteroatoms. The van der Waals surface area contributed by atoms with Crippen molar-refractivity contribution in [1.82, 2.24) is 5.32 Å². The first kappa shape index (κ1) is 9.15. The lowest BCUT2D eigenvalue weighted by Crippen LogP contribution is -1.94. The summed E-state index contributed by atoms with van der Waals surface area (Å²) in [5, 5.41) is 12.9. The minimum Gasteiger partial charge on any atom is -0.507 e. The summed E-state index contributed by atoms with van der Waals surface area (Å²) in [6.45, 7) is 0.885. The molecule has 0 amide bonds. The summed E-state index contributed by atoms with van der Waals surface area (Å²) >= 11 is 0. The van der Waals surface area contributed by atoms with Crippen molar-refractivity contribution in [3.8, 4) is 17.2 Å². The third-order valence-corrected chi connectivity index (χ3v) is 2.31. The van der Waals surface area contributed by atoms with Gasteiger partial charge in [0, 0.05) is 18.7 Å². The molecule has 0 aliphatic carbocycles. The van der Waals surface area contributed by atoms with Crippen molar-refractivity contribution in [1.29, 1.82) is 0 Å². The van der Waals surface area contributed by atoms with Gasteiger partial charge in [-0.2, -0.15) is 0 Å². The predicted octanol–water partition coefficient (Wildman–Crippen LogP) is 1.05. The van der Waals surface area contributed by atoms with E-state index in [0.717, 1.165) is 12.1 Å². The van der Waals surface area contributed by atoms with Crippen molar-refractivity contribution in [2.75, 3.05) is 20.8 Å². The van der Waals surface area contributed by atoms with E-state index < -0.39 is 0 Å². The first-order valence-corrected chi connectivity index (χ1v) is 4.44. The van der Waals surface area contributed by atoms with E-state index in [2.05, 4.69) is 5.32 Å². The molecule has 1 aromatic rings. The summed E-state index contributed by atoms with van der Waals surface area (Å²) in [6, 6.07) is 3.59. The number of hydrogen-bond donors (Lipinski definition) is 2. The summed E-state index contributed by atoms with van der Waals surface area (Å²) in [7, 11) is 3.14. The van der Waals surface area contributed by atoms with E-state index in [1.54, 1.807) is 26.4 Å². The van der Waals surface area contributed by atoms with Crippen molar-refractivity contribution >= 4 is 0 Å². The molecule has 1 saturated heterocycles. The maximum atomic E-state index is 9.74. The number of benzene rings is 1. The Morgan fingerprint density at radius 3 is 2.57 bits per heavy atom. The van der Waals surface area contributed by atoms with Gasteiger partial charge in [0.1, 0.15) is 17.2 Å². The van der Waals surface area contributed by atoms with Crippen molar-refractivity contribution < 1.29 is 14.6 Å². The normalized spacial score (nSPS) is 19.1. The number of ether oxygens (including phenoxy) is 2. The first-order valence-electron chi connectivity index (χ1n) is 4.44. The summed E-state index contributed by atoms with van der Waals surface area (Å²) < 4.78 is 10.2. The third kappa shape index (κ3) is 1.48. The second-order valence-corrected chi connectivity index (χ2v) is 3.22. The Bertz CT molecular complexity index is 347. The van der Waals surface area contributed by atoms with Gasteiger partial charge in [-0.3, -0.25) is 0 Å². The van der Waals surface area contributed by atoms with Gasteiger partial charge in [-0.15, -0.1) is 0 Å². The van der Waals surface area contributed by atoms with Crippen LogP contribution in [0.25, 0.3) is 0 Å². The molecule has 1 aliphatic heterocycles. The number of hydrogen-bond acceptors (Lipinski definition) is 4. The average molecular weight is 195 g/mol. The van der Waals surface area contributed by atoms with E-state index in [1.165, 1.54) is 0 Å². The smallest absolute Gasteiger partial charge is 0.131 e. The molecule has 0 spiro atoms. The Balaban J connectivity index is 2.46. The van der Waals surface area contributed by atoms with Gasteiger partial charge in [-0.05, 0) is 0 Å². The molecular weight excluding hydrogens is 182 g/mol. The lowest BCUT2D eigenvalue weighted by molar-refractivity contribution is 0.379. The number of rotatable bonds is 3. The van der Waals surface area contributed by atoms with E-state index in [-0.39, 0.29) is 11.8 Å². The molecule has 0 saturated carbocycles. The number of phenolic OH excluding ortho intramolecular Hbond substituents is 1. The molecule has 0 radical (unpaired) electrons. The molecule has 2 N–H and O–H groups in total. The summed E-state index contributed by atoms with van der Waals surface area (Å²) in [5.74, 6) is 1.48. The molecule has 14 heavy (non-hydrogen) atoms. The largest absolute Gasteiger partial charge is 0.507 e. The number of phenols is 1. The number of methoxy groups -OCH3 is 2. The van der Waals surface area contributed by atoms with Gasteiger partial charge < -0.3 is 19.9 Å². The van der Waals surface area contributed by atoms with E-state index in [9.17, 15) is 5.11 Å². The molecule has 1 atom stereocenters. The van der Waals surface area contributed by atoms with Crippen LogP contribution in [0.3, 0.4) is 0 Å². The van der Waals surface area contributed by atoms with Gasteiger partial charge in [0.2, 0.25) is 0 Å². The lowest BCUT2D eigenvalue weighted by atomic mass is 10.1. The Labute approximate surface area is 82.5 Å². The SMILES string of the molecule is COc1cc(O)c([C@H]2CN2)c(OC)c1. The molecule has 1 aliphatic rings. The molecule has 0 bridgehead atoms. The Hall–Kier alpha value is -1.42. The van der Waals surface area contributed by atoms with Crippen LogP contribution in [0.15, 0.2) is 12.1 Å². The number of nitrogens with one attached hydrogen (secondary N) is 1. The molecule has 2 rings (SSSR count). The highest BCUT2D eigenvalue weighted by molar-refractivity contribution is 5.53. The van der Waals surface area contributed by atoms with Gasteiger partial charge >= 0.3 is 0 Å². The fourth-order valence-electron chi connectivity index (χ4n) is 1.49. The third-order valence-electron chi connectivity index (χ3n) is 2.31. The fourth-order valence-corrected chi connectivity index (χ4v) is 1.49. The van der Waals surface area contributed by atoms with Crippen LogP contribution in [-0.2, 0) is 0 Å². The van der Waals surface area contributed by atoms with E-state index in [0.29, 0.717) is 11.5 Å².